The second-order valence-corrected chi connectivity index (χ2v) is 7.49. The predicted molar refractivity (Wildman–Crippen MR) is 101 cm³/mol. The highest BCUT2D eigenvalue weighted by atomic mass is 19.1. The van der Waals surface area contributed by atoms with Crippen molar-refractivity contribution in [3.8, 4) is 0 Å². The summed E-state index contributed by atoms with van der Waals surface area (Å²) in [6, 6.07) is 4.64. The fourth-order valence-corrected chi connectivity index (χ4v) is 4.08. The molecule has 1 saturated carbocycles. The zero-order valence-electron chi connectivity index (χ0n) is 15.4. The lowest BCUT2D eigenvalue weighted by Crippen LogP contribution is -2.35. The zero-order valence-corrected chi connectivity index (χ0v) is 15.4. The van der Waals surface area contributed by atoms with Crippen molar-refractivity contribution in [1.29, 1.82) is 0 Å². The van der Waals surface area contributed by atoms with Gasteiger partial charge in [0.25, 0.3) is 0 Å². The van der Waals surface area contributed by atoms with Crippen LogP contribution in [-0.2, 0) is 14.3 Å². The quantitative estimate of drug-likeness (QED) is 0.754. The molecule has 0 radical (unpaired) electrons. The van der Waals surface area contributed by atoms with Gasteiger partial charge in [-0.05, 0) is 24.1 Å². The number of rotatable bonds is 6. The standard InChI is InChI=1S/C20H22FN3O4/c1-2-3-19(26)22-8-14-10-24(20(27)28-14)13-4-5-17(16(21)7-13)23-9-12-6-18(25)15(12)11-23/h2,4-5,7,12,14-15H,1,3,6,8-11H2,(H,22,26). The average molecular weight is 387 g/mol. The van der Waals surface area contributed by atoms with Crippen molar-refractivity contribution >= 4 is 29.2 Å². The van der Waals surface area contributed by atoms with Gasteiger partial charge < -0.3 is 15.0 Å². The van der Waals surface area contributed by atoms with Gasteiger partial charge in [-0.1, -0.05) is 6.08 Å². The number of nitrogens with zero attached hydrogens (tertiary/aromatic N) is 2. The number of cyclic esters (lactones) is 1. The Bertz CT molecular complexity index is 843. The van der Waals surface area contributed by atoms with Crippen LogP contribution in [0.1, 0.15) is 12.8 Å². The molecule has 2 saturated heterocycles. The van der Waals surface area contributed by atoms with Crippen LogP contribution < -0.4 is 15.1 Å². The molecule has 3 unspecified atom stereocenters. The number of carbonyl (C=O) groups is 3. The molecule has 0 bridgehead atoms. The van der Waals surface area contributed by atoms with E-state index >= 15 is 0 Å². The Balaban J connectivity index is 1.40. The Labute approximate surface area is 162 Å². The monoisotopic (exact) mass is 387 g/mol. The van der Waals surface area contributed by atoms with Crippen molar-refractivity contribution in [2.24, 2.45) is 11.8 Å². The lowest BCUT2D eigenvalue weighted by Gasteiger charge is -2.25. The number of halogens is 1. The summed E-state index contributed by atoms with van der Waals surface area (Å²) in [6.07, 6.45) is 1.21. The molecule has 7 nitrogen and oxygen atoms in total. The molecule has 1 N–H and O–H groups in total. The fourth-order valence-electron chi connectivity index (χ4n) is 4.08. The highest BCUT2D eigenvalue weighted by molar-refractivity contribution is 5.91. The minimum atomic E-state index is -0.570. The molecule has 3 aliphatic rings. The predicted octanol–water partition coefficient (Wildman–Crippen LogP) is 1.87. The number of benzene rings is 1. The summed E-state index contributed by atoms with van der Waals surface area (Å²) in [6.45, 7) is 5.16. The summed E-state index contributed by atoms with van der Waals surface area (Å²) in [7, 11) is 0. The molecule has 2 amide bonds. The van der Waals surface area contributed by atoms with E-state index < -0.39 is 18.0 Å². The third-order valence-electron chi connectivity index (χ3n) is 5.63. The molecule has 3 atom stereocenters. The Morgan fingerprint density at radius 3 is 2.82 bits per heavy atom. The molecule has 1 aromatic rings. The lowest BCUT2D eigenvalue weighted by molar-refractivity contribution is -0.131. The maximum Gasteiger partial charge on any atom is 0.414 e. The fraction of sp³-hybridized carbons (Fsp3) is 0.450. The molecule has 1 aromatic carbocycles. The van der Waals surface area contributed by atoms with Gasteiger partial charge >= 0.3 is 6.09 Å². The van der Waals surface area contributed by atoms with Gasteiger partial charge in [-0.2, -0.15) is 0 Å². The number of carbonyl (C=O) groups excluding carboxylic acids is 3. The number of anilines is 2. The number of nitrogens with one attached hydrogen (secondary N) is 1. The topological polar surface area (TPSA) is 79.0 Å². The minimum absolute atomic E-state index is 0.0321. The van der Waals surface area contributed by atoms with Gasteiger partial charge in [0.2, 0.25) is 5.91 Å². The molecule has 3 fully saturated rings. The van der Waals surface area contributed by atoms with Crippen LogP contribution in [0.2, 0.25) is 0 Å². The first kappa shape index (κ1) is 18.5. The number of Topliss-reactive ketones (excluding diaryl/α,β-unsaturated/α-hetero) is 1. The van der Waals surface area contributed by atoms with Crippen LogP contribution in [-0.4, -0.2) is 50.1 Å². The van der Waals surface area contributed by atoms with Crippen molar-refractivity contribution < 1.29 is 23.5 Å². The first-order valence-corrected chi connectivity index (χ1v) is 9.39. The van der Waals surface area contributed by atoms with Crippen LogP contribution in [0.25, 0.3) is 0 Å². The molecule has 28 heavy (non-hydrogen) atoms. The summed E-state index contributed by atoms with van der Waals surface area (Å²) in [4.78, 5) is 38.5. The van der Waals surface area contributed by atoms with Gasteiger partial charge in [0, 0.05) is 31.8 Å². The second-order valence-electron chi connectivity index (χ2n) is 7.49. The molecule has 2 heterocycles. The van der Waals surface area contributed by atoms with Crippen LogP contribution in [0.3, 0.4) is 0 Å². The molecular formula is C20H22FN3O4. The third-order valence-corrected chi connectivity index (χ3v) is 5.63. The van der Waals surface area contributed by atoms with E-state index in [4.69, 9.17) is 4.74 Å². The van der Waals surface area contributed by atoms with Crippen LogP contribution in [0.4, 0.5) is 20.6 Å². The summed E-state index contributed by atoms with van der Waals surface area (Å²) < 4.78 is 20.0. The second kappa shape index (κ2) is 7.26. The summed E-state index contributed by atoms with van der Waals surface area (Å²) in [5.74, 6) is -0.00260. The summed E-state index contributed by atoms with van der Waals surface area (Å²) >= 11 is 0. The van der Waals surface area contributed by atoms with Crippen molar-refractivity contribution in [2.45, 2.75) is 18.9 Å². The molecular weight excluding hydrogens is 365 g/mol. The van der Waals surface area contributed by atoms with Gasteiger partial charge in [-0.3, -0.25) is 14.5 Å². The molecule has 0 spiro atoms. The maximum absolute atomic E-state index is 14.7. The van der Waals surface area contributed by atoms with Gasteiger partial charge in [-0.25, -0.2) is 9.18 Å². The zero-order chi connectivity index (χ0) is 19.8. The normalized spacial score (nSPS) is 26.0. The molecule has 2 aliphatic heterocycles. The van der Waals surface area contributed by atoms with Gasteiger partial charge in [0.15, 0.2) is 0 Å². The van der Waals surface area contributed by atoms with Crippen LogP contribution in [0.5, 0.6) is 0 Å². The van der Waals surface area contributed by atoms with Crippen molar-refractivity contribution in [3.63, 3.8) is 0 Å². The first-order valence-electron chi connectivity index (χ1n) is 9.39. The Morgan fingerprint density at radius 2 is 2.14 bits per heavy atom. The molecule has 1 aliphatic carbocycles. The highest BCUT2D eigenvalue weighted by Gasteiger charge is 2.46. The lowest BCUT2D eigenvalue weighted by atomic mass is 9.75. The van der Waals surface area contributed by atoms with Crippen molar-refractivity contribution in [3.05, 3.63) is 36.7 Å². The minimum Gasteiger partial charge on any atom is -0.442 e. The average Bonchev–Trinajstić information content (AvgIpc) is 3.20. The first-order chi connectivity index (χ1) is 13.5. The largest absolute Gasteiger partial charge is 0.442 e. The highest BCUT2D eigenvalue weighted by Crippen LogP contribution is 2.40. The number of hydrogen-bond donors (Lipinski definition) is 1. The van der Waals surface area contributed by atoms with E-state index in [1.54, 1.807) is 12.1 Å². The van der Waals surface area contributed by atoms with E-state index in [-0.39, 0.29) is 37.1 Å². The van der Waals surface area contributed by atoms with Crippen LogP contribution >= 0.6 is 0 Å². The number of fused-ring (bicyclic) bond motifs is 1. The Kier molecular flexibility index (Phi) is 4.78. The van der Waals surface area contributed by atoms with Crippen molar-refractivity contribution in [1.82, 2.24) is 5.32 Å². The van der Waals surface area contributed by atoms with Crippen LogP contribution in [0, 0.1) is 17.7 Å². The number of ether oxygens (including phenoxy) is 1. The smallest absolute Gasteiger partial charge is 0.414 e. The number of ketones is 1. The molecule has 8 heteroatoms. The molecule has 0 aromatic heterocycles. The van der Waals surface area contributed by atoms with Gasteiger partial charge in [0.1, 0.15) is 17.7 Å². The van der Waals surface area contributed by atoms with Gasteiger partial charge in [0.05, 0.1) is 24.5 Å². The molecule has 148 valence electrons. The SMILES string of the molecule is C=CCC(=O)NCC1CN(c2ccc(N3CC4CC(=O)C4C3)c(F)c2)C(=O)O1. The Hall–Kier alpha value is -2.90. The molecule has 4 rings (SSSR count). The summed E-state index contributed by atoms with van der Waals surface area (Å²) in [5.41, 5.74) is 0.858. The van der Waals surface area contributed by atoms with Crippen molar-refractivity contribution in [2.75, 3.05) is 36.0 Å². The Morgan fingerprint density at radius 1 is 1.32 bits per heavy atom. The van der Waals surface area contributed by atoms with Crippen LogP contribution in [0.15, 0.2) is 30.9 Å². The third kappa shape index (κ3) is 3.34. The van der Waals surface area contributed by atoms with Gasteiger partial charge in [-0.15, -0.1) is 6.58 Å². The van der Waals surface area contributed by atoms with E-state index in [0.717, 1.165) is 0 Å². The van der Waals surface area contributed by atoms with E-state index in [9.17, 15) is 18.8 Å². The van der Waals surface area contributed by atoms with E-state index in [2.05, 4.69) is 11.9 Å². The van der Waals surface area contributed by atoms with E-state index in [0.29, 0.717) is 36.8 Å². The number of hydrogen-bond acceptors (Lipinski definition) is 5. The van der Waals surface area contributed by atoms with E-state index in [1.165, 1.54) is 17.0 Å². The number of amides is 2. The maximum atomic E-state index is 14.7. The van der Waals surface area contributed by atoms with E-state index in [1.807, 2.05) is 4.90 Å². The summed E-state index contributed by atoms with van der Waals surface area (Å²) in [5, 5.41) is 2.67.